The Hall–Kier alpha value is -3.37. The molecule has 0 saturated carbocycles. The SMILES string of the molecule is c1ccc2c(c1)ccc1cnc(-c3cc4sc5ccccc5c4cn3)nc12. The number of nitrogens with zero attached hydrogens (tertiary/aromatic N) is 3. The van der Waals surface area contributed by atoms with Crippen LogP contribution in [0, 0.1) is 0 Å². The summed E-state index contributed by atoms with van der Waals surface area (Å²) in [6, 6.07) is 23.0. The van der Waals surface area contributed by atoms with Crippen LogP contribution in [0.5, 0.6) is 0 Å². The lowest BCUT2D eigenvalue weighted by Crippen LogP contribution is -1.93. The summed E-state index contributed by atoms with van der Waals surface area (Å²) in [5, 5.41) is 5.80. The van der Waals surface area contributed by atoms with Crippen LogP contribution in [0.1, 0.15) is 0 Å². The van der Waals surface area contributed by atoms with Crippen LogP contribution in [0.2, 0.25) is 0 Å². The van der Waals surface area contributed by atoms with Gasteiger partial charge in [-0.05, 0) is 17.5 Å². The summed E-state index contributed by atoms with van der Waals surface area (Å²) >= 11 is 1.78. The van der Waals surface area contributed by atoms with E-state index in [1.165, 1.54) is 25.6 Å². The first-order valence-corrected chi connectivity index (χ1v) is 9.61. The molecule has 3 aromatic heterocycles. The predicted molar refractivity (Wildman–Crippen MR) is 113 cm³/mol. The highest BCUT2D eigenvalue weighted by atomic mass is 32.1. The second-order valence-electron chi connectivity index (χ2n) is 6.58. The molecule has 3 nitrogen and oxygen atoms in total. The molecule has 0 N–H and O–H groups in total. The van der Waals surface area contributed by atoms with E-state index in [2.05, 4.69) is 64.6 Å². The molecule has 4 heteroatoms. The molecule has 0 fully saturated rings. The molecule has 3 heterocycles. The third-order valence-corrected chi connectivity index (χ3v) is 6.10. The van der Waals surface area contributed by atoms with Crippen LogP contribution in [0.15, 0.2) is 79.1 Å². The van der Waals surface area contributed by atoms with E-state index in [1.807, 2.05) is 24.5 Å². The van der Waals surface area contributed by atoms with Gasteiger partial charge in [-0.15, -0.1) is 11.3 Å². The van der Waals surface area contributed by atoms with Crippen molar-refractivity contribution in [1.29, 1.82) is 0 Å². The van der Waals surface area contributed by atoms with Crippen molar-refractivity contribution in [3.8, 4) is 11.5 Å². The van der Waals surface area contributed by atoms with Gasteiger partial charge in [0.1, 0.15) is 5.69 Å². The first-order valence-electron chi connectivity index (χ1n) is 8.79. The third-order valence-electron chi connectivity index (χ3n) is 4.97. The number of hydrogen-bond acceptors (Lipinski definition) is 4. The van der Waals surface area contributed by atoms with E-state index >= 15 is 0 Å². The lowest BCUT2D eigenvalue weighted by atomic mass is 10.1. The molecule has 3 aromatic carbocycles. The highest BCUT2D eigenvalue weighted by Gasteiger charge is 2.11. The van der Waals surface area contributed by atoms with Gasteiger partial charge in [0.15, 0.2) is 5.82 Å². The van der Waals surface area contributed by atoms with E-state index in [0.717, 1.165) is 22.0 Å². The average molecular weight is 363 g/mol. The Morgan fingerprint density at radius 3 is 2.41 bits per heavy atom. The molecular weight excluding hydrogens is 350 g/mol. The molecular formula is C23H13N3S. The molecule has 0 aliphatic heterocycles. The molecule has 0 unspecified atom stereocenters. The van der Waals surface area contributed by atoms with Crippen molar-refractivity contribution >= 4 is 53.2 Å². The van der Waals surface area contributed by atoms with Crippen molar-refractivity contribution in [3.05, 3.63) is 79.1 Å². The summed E-state index contributed by atoms with van der Waals surface area (Å²) in [6.07, 6.45) is 3.83. The minimum absolute atomic E-state index is 0.665. The zero-order valence-electron chi connectivity index (χ0n) is 14.3. The predicted octanol–water partition coefficient (Wildman–Crippen LogP) is 6.21. The zero-order valence-corrected chi connectivity index (χ0v) is 15.1. The van der Waals surface area contributed by atoms with E-state index in [9.17, 15) is 0 Å². The molecule has 0 bridgehead atoms. The Kier molecular flexibility index (Phi) is 3.04. The Bertz CT molecular complexity index is 1480. The highest BCUT2D eigenvalue weighted by molar-refractivity contribution is 7.25. The summed E-state index contributed by atoms with van der Waals surface area (Å²) in [7, 11) is 0. The van der Waals surface area contributed by atoms with Crippen molar-refractivity contribution in [3.63, 3.8) is 0 Å². The van der Waals surface area contributed by atoms with E-state index in [1.54, 1.807) is 11.3 Å². The van der Waals surface area contributed by atoms with Gasteiger partial charge < -0.3 is 0 Å². The number of benzene rings is 3. The maximum Gasteiger partial charge on any atom is 0.178 e. The molecule has 126 valence electrons. The zero-order chi connectivity index (χ0) is 17.8. The van der Waals surface area contributed by atoms with Crippen LogP contribution in [0.25, 0.3) is 53.4 Å². The summed E-state index contributed by atoms with van der Waals surface area (Å²) in [5.74, 6) is 0.665. The van der Waals surface area contributed by atoms with Crippen molar-refractivity contribution < 1.29 is 0 Å². The fourth-order valence-electron chi connectivity index (χ4n) is 3.63. The highest BCUT2D eigenvalue weighted by Crippen LogP contribution is 2.35. The fraction of sp³-hybridized carbons (Fsp3) is 0. The van der Waals surface area contributed by atoms with Crippen molar-refractivity contribution in [2.75, 3.05) is 0 Å². The van der Waals surface area contributed by atoms with Gasteiger partial charge in [-0.2, -0.15) is 0 Å². The molecule has 6 rings (SSSR count). The van der Waals surface area contributed by atoms with Crippen molar-refractivity contribution in [2.24, 2.45) is 0 Å². The molecule has 0 aliphatic carbocycles. The standard InChI is InChI=1S/C23H13N3S/c1-2-6-16-14(5-1)9-10-15-12-25-23(26-22(15)16)19-11-21-18(13-24-19)17-7-3-4-8-20(17)27-21/h1-13H. The van der Waals surface area contributed by atoms with E-state index in [-0.39, 0.29) is 0 Å². The second kappa shape index (κ2) is 5.56. The van der Waals surface area contributed by atoms with Crippen molar-refractivity contribution in [2.45, 2.75) is 0 Å². The number of thiophene rings is 1. The quantitative estimate of drug-likeness (QED) is 0.326. The Morgan fingerprint density at radius 1 is 0.630 bits per heavy atom. The lowest BCUT2D eigenvalue weighted by Gasteiger charge is -2.05. The van der Waals surface area contributed by atoms with Gasteiger partial charge >= 0.3 is 0 Å². The van der Waals surface area contributed by atoms with E-state index < -0.39 is 0 Å². The largest absolute Gasteiger partial charge is 0.252 e. The Labute approximate surface area is 159 Å². The van der Waals surface area contributed by atoms with Gasteiger partial charge in [-0.1, -0.05) is 54.6 Å². The molecule has 0 aliphatic rings. The first kappa shape index (κ1) is 14.8. The monoisotopic (exact) mass is 363 g/mol. The summed E-state index contributed by atoms with van der Waals surface area (Å²) in [5.41, 5.74) is 1.78. The Morgan fingerprint density at radius 2 is 1.44 bits per heavy atom. The number of hydrogen-bond donors (Lipinski definition) is 0. The van der Waals surface area contributed by atoms with Crippen LogP contribution in [0.4, 0.5) is 0 Å². The second-order valence-corrected chi connectivity index (χ2v) is 7.67. The number of fused-ring (bicyclic) bond motifs is 6. The van der Waals surface area contributed by atoms with Crippen LogP contribution < -0.4 is 0 Å². The fourth-order valence-corrected chi connectivity index (χ4v) is 4.75. The molecule has 0 saturated heterocycles. The van der Waals surface area contributed by atoms with Crippen LogP contribution in [0.3, 0.4) is 0 Å². The van der Waals surface area contributed by atoms with Gasteiger partial charge in [0.25, 0.3) is 0 Å². The van der Waals surface area contributed by atoms with Crippen molar-refractivity contribution in [1.82, 2.24) is 15.0 Å². The summed E-state index contributed by atoms with van der Waals surface area (Å²) < 4.78 is 2.49. The minimum atomic E-state index is 0.665. The van der Waals surface area contributed by atoms with Gasteiger partial charge in [0, 0.05) is 43.3 Å². The lowest BCUT2D eigenvalue weighted by molar-refractivity contribution is 1.19. The minimum Gasteiger partial charge on any atom is -0.252 e. The smallest absolute Gasteiger partial charge is 0.178 e. The number of rotatable bonds is 1. The summed E-state index contributed by atoms with van der Waals surface area (Å²) in [6.45, 7) is 0. The number of aromatic nitrogens is 3. The normalized spacial score (nSPS) is 11.7. The van der Waals surface area contributed by atoms with Crippen LogP contribution in [-0.4, -0.2) is 15.0 Å². The third kappa shape index (κ3) is 2.24. The molecule has 6 aromatic rings. The van der Waals surface area contributed by atoms with Crippen LogP contribution >= 0.6 is 11.3 Å². The van der Waals surface area contributed by atoms with Crippen LogP contribution in [-0.2, 0) is 0 Å². The summed E-state index contributed by atoms with van der Waals surface area (Å²) in [4.78, 5) is 14.1. The molecule has 0 radical (unpaired) electrons. The molecule has 0 spiro atoms. The van der Waals surface area contributed by atoms with Gasteiger partial charge in [0.05, 0.1) is 5.52 Å². The maximum absolute atomic E-state index is 4.87. The Balaban J connectivity index is 1.60. The van der Waals surface area contributed by atoms with E-state index in [0.29, 0.717) is 5.82 Å². The van der Waals surface area contributed by atoms with Gasteiger partial charge in [-0.25, -0.2) is 9.97 Å². The van der Waals surface area contributed by atoms with Gasteiger partial charge in [-0.3, -0.25) is 4.98 Å². The molecule has 0 atom stereocenters. The number of pyridine rings is 1. The van der Waals surface area contributed by atoms with Gasteiger partial charge in [0.2, 0.25) is 0 Å². The molecule has 0 amide bonds. The topological polar surface area (TPSA) is 38.7 Å². The first-order chi connectivity index (χ1) is 13.4. The van der Waals surface area contributed by atoms with E-state index in [4.69, 9.17) is 4.98 Å². The average Bonchev–Trinajstić information content (AvgIpc) is 3.11. The maximum atomic E-state index is 4.87. The molecule has 27 heavy (non-hydrogen) atoms.